The predicted molar refractivity (Wildman–Crippen MR) is 262 cm³/mol. The van der Waals surface area contributed by atoms with Crippen LogP contribution in [0.1, 0.15) is 199 Å². The molecule has 1 aromatic carbocycles. The standard InChI is InChI=1S/C52H89N2O16P/c1-3-5-7-9-11-13-15-17-19-21-23-25-27-29-51(63)67-41-46(69-52(64)30-28-26-24-22-20-18-16-14-12-10-8-6-4-2)42-68-71(65,66)70-45-33-31-43(32-34-45)35-44(54(39-49(59)60)40-50(61)62)36-53(37-47(55)56)38-48(57)58/h31-34,44,46H,3-30,35-42H2,1-2H3,(H,55,56)(H,57,58)(H,59,60)(H,61,62)(H,65,66)/p-3/t44-,46+/m0/s1. The van der Waals surface area contributed by atoms with E-state index < -0.39 is 102 Å². The van der Waals surface area contributed by atoms with Crippen LogP contribution in [0.25, 0.3) is 0 Å². The smallest absolute Gasteiger partial charge is 0.527 e. The van der Waals surface area contributed by atoms with Crippen molar-refractivity contribution >= 4 is 43.6 Å². The summed E-state index contributed by atoms with van der Waals surface area (Å²) in [6.45, 7) is -0.500. The van der Waals surface area contributed by atoms with Crippen molar-refractivity contribution in [2.24, 2.45) is 0 Å². The number of phosphoric acid groups is 1. The highest BCUT2D eigenvalue weighted by Gasteiger charge is 2.29. The topological polar surface area (TPSA) is 273 Å². The molecule has 71 heavy (non-hydrogen) atoms. The average Bonchev–Trinajstić information content (AvgIpc) is 3.29. The van der Waals surface area contributed by atoms with E-state index in [1.165, 1.54) is 133 Å². The van der Waals surface area contributed by atoms with Gasteiger partial charge in [0, 0.05) is 45.1 Å². The van der Waals surface area contributed by atoms with Crippen LogP contribution in [-0.2, 0) is 53.8 Å². The number of benzene rings is 1. The maximum Gasteiger partial charge on any atom is 0.527 e. The van der Waals surface area contributed by atoms with Crippen LogP contribution in [0.3, 0.4) is 0 Å². The number of carboxylic acids is 4. The predicted octanol–water partition coefficient (Wildman–Crippen LogP) is 6.45. The van der Waals surface area contributed by atoms with Crippen LogP contribution < -0.4 is 19.8 Å². The Hall–Kier alpha value is -4.09. The number of ether oxygens (including phenoxy) is 2. The number of nitrogens with zero attached hydrogens (tertiary/aromatic N) is 2. The van der Waals surface area contributed by atoms with Crippen molar-refractivity contribution in [1.82, 2.24) is 9.80 Å². The summed E-state index contributed by atoms with van der Waals surface area (Å²) in [5, 5.41) is 43.7. The van der Waals surface area contributed by atoms with Crippen molar-refractivity contribution in [3.8, 4) is 5.75 Å². The fourth-order valence-electron chi connectivity index (χ4n) is 8.30. The van der Waals surface area contributed by atoms with Gasteiger partial charge >= 0.3 is 25.7 Å². The summed E-state index contributed by atoms with van der Waals surface area (Å²) in [4.78, 5) is 84.0. The van der Waals surface area contributed by atoms with Gasteiger partial charge in [-0.1, -0.05) is 180 Å². The number of carbonyl (C=O) groups is 6. The number of unbranched alkanes of at least 4 members (excludes halogenated alkanes) is 24. The first-order valence-corrected chi connectivity index (χ1v) is 27.9. The molecule has 0 heterocycles. The minimum atomic E-state index is -4.90. The first kappa shape index (κ1) is 64.9. The summed E-state index contributed by atoms with van der Waals surface area (Å²) in [7, 11) is -4.90. The molecule has 0 radical (unpaired) electrons. The van der Waals surface area contributed by atoms with Gasteiger partial charge in [0.1, 0.15) is 19.0 Å². The third-order valence-corrected chi connectivity index (χ3v) is 13.0. The normalized spacial score (nSPS) is 13.1. The molecule has 408 valence electrons. The maximum atomic E-state index is 13.2. The van der Waals surface area contributed by atoms with Crippen LogP contribution in [0.5, 0.6) is 5.75 Å². The molecule has 0 fully saturated rings. The second kappa shape index (κ2) is 41.4. The van der Waals surface area contributed by atoms with Crippen molar-refractivity contribution < 1.29 is 77.2 Å². The molecule has 0 saturated heterocycles. The second-order valence-corrected chi connectivity index (χ2v) is 20.1. The van der Waals surface area contributed by atoms with Gasteiger partial charge in [0.15, 0.2) is 6.10 Å². The van der Waals surface area contributed by atoms with E-state index in [0.29, 0.717) is 18.4 Å². The Morgan fingerprint density at radius 3 is 1.38 bits per heavy atom. The number of hydrogen-bond donors (Lipinski definition) is 2. The molecule has 2 N–H and O–H groups in total. The van der Waals surface area contributed by atoms with Gasteiger partial charge in [0.05, 0.1) is 24.5 Å². The molecule has 3 atom stereocenters. The molecular weight excluding hydrogens is 940 g/mol. The highest BCUT2D eigenvalue weighted by Crippen LogP contribution is 2.44. The van der Waals surface area contributed by atoms with Crippen molar-refractivity contribution in [2.75, 3.05) is 45.9 Å². The minimum absolute atomic E-state index is 0.106. The Bertz CT molecular complexity index is 1630. The molecule has 1 rings (SSSR count). The fraction of sp³-hybridized carbons (Fsp3) is 0.769. The average molecular weight is 1030 g/mol. The number of carboxylic acid groups (broad SMARTS) is 4. The summed E-state index contributed by atoms with van der Waals surface area (Å²) >= 11 is 0. The van der Waals surface area contributed by atoms with Gasteiger partial charge in [-0.15, -0.1) is 0 Å². The Kier molecular flexibility index (Phi) is 37.8. The fourth-order valence-corrected chi connectivity index (χ4v) is 9.10. The molecule has 1 aromatic rings. The zero-order chi connectivity index (χ0) is 52.5. The molecule has 0 aliphatic carbocycles. The lowest BCUT2D eigenvalue weighted by molar-refractivity contribution is -0.312. The first-order chi connectivity index (χ1) is 34.0. The SMILES string of the molecule is CCCCCCCCCCCCCCCC(=O)OC[C@H](COP(=O)(O)Oc1ccc(C[C@@H](CN(CC(=O)[O-])CC(=O)[O-])N(CC(=O)[O-])CC(=O)O)cc1)OC(=O)CCCCCCCCCCCCCCC. The Balaban J connectivity index is 2.86. The first-order valence-electron chi connectivity index (χ1n) is 26.4. The van der Waals surface area contributed by atoms with E-state index in [9.17, 15) is 58.7 Å². The van der Waals surface area contributed by atoms with Gasteiger partial charge in [0.25, 0.3) is 0 Å². The van der Waals surface area contributed by atoms with E-state index in [1.807, 2.05) is 0 Å². The van der Waals surface area contributed by atoms with E-state index in [2.05, 4.69) is 13.8 Å². The molecule has 1 unspecified atom stereocenters. The maximum absolute atomic E-state index is 13.2. The zero-order valence-corrected chi connectivity index (χ0v) is 43.8. The van der Waals surface area contributed by atoms with Crippen LogP contribution in [0.15, 0.2) is 24.3 Å². The Morgan fingerprint density at radius 2 is 0.972 bits per heavy atom. The monoisotopic (exact) mass is 1030 g/mol. The molecular formula is C52H86N2O16P-3. The number of carbonyl (C=O) groups excluding carboxylic acids is 5. The van der Waals surface area contributed by atoms with E-state index in [0.717, 1.165) is 54.7 Å². The summed E-state index contributed by atoms with van der Waals surface area (Å²) in [6, 6.07) is 4.25. The number of rotatable bonds is 49. The lowest BCUT2D eigenvalue weighted by Crippen LogP contribution is -2.54. The molecule has 0 aliphatic rings. The van der Waals surface area contributed by atoms with Crippen molar-refractivity contribution in [3.05, 3.63) is 29.8 Å². The second-order valence-electron chi connectivity index (χ2n) is 18.7. The van der Waals surface area contributed by atoms with Gasteiger partial charge in [-0.05, 0) is 37.0 Å². The zero-order valence-electron chi connectivity index (χ0n) is 42.9. The quantitative estimate of drug-likeness (QED) is 0.0403. The van der Waals surface area contributed by atoms with Crippen LogP contribution in [0.2, 0.25) is 0 Å². The molecule has 19 heteroatoms. The largest absolute Gasteiger partial charge is 0.549 e. The summed E-state index contributed by atoms with van der Waals surface area (Å²) in [5.41, 5.74) is 0.391. The molecule has 0 bridgehead atoms. The molecule has 18 nitrogen and oxygen atoms in total. The van der Waals surface area contributed by atoms with Gasteiger partial charge < -0.3 is 48.8 Å². The van der Waals surface area contributed by atoms with Crippen molar-refractivity contribution in [3.63, 3.8) is 0 Å². The summed E-state index contributed by atoms with van der Waals surface area (Å²) in [5.74, 6) is -7.55. The van der Waals surface area contributed by atoms with E-state index in [1.54, 1.807) is 0 Å². The van der Waals surface area contributed by atoms with Crippen LogP contribution >= 0.6 is 7.82 Å². The molecule has 0 amide bonds. The lowest BCUT2D eigenvalue weighted by atomic mass is 10.0. The van der Waals surface area contributed by atoms with Crippen LogP contribution in [0.4, 0.5) is 0 Å². The number of hydrogen-bond acceptors (Lipinski definition) is 16. The van der Waals surface area contributed by atoms with Gasteiger partial charge in [-0.25, -0.2) is 4.57 Å². The third-order valence-electron chi connectivity index (χ3n) is 12.1. The van der Waals surface area contributed by atoms with Crippen molar-refractivity contribution in [1.29, 1.82) is 0 Å². The molecule has 0 aliphatic heterocycles. The molecule has 0 spiro atoms. The van der Waals surface area contributed by atoms with E-state index in [-0.39, 0.29) is 25.0 Å². The van der Waals surface area contributed by atoms with Crippen LogP contribution in [0, 0.1) is 0 Å². The van der Waals surface area contributed by atoms with E-state index >= 15 is 0 Å². The highest BCUT2D eigenvalue weighted by molar-refractivity contribution is 7.47. The van der Waals surface area contributed by atoms with Gasteiger partial charge in [-0.3, -0.25) is 33.6 Å². The van der Waals surface area contributed by atoms with Crippen molar-refractivity contribution in [2.45, 2.75) is 212 Å². The number of phosphoric ester groups is 1. The number of esters is 2. The van der Waals surface area contributed by atoms with E-state index in [4.69, 9.17) is 18.5 Å². The Morgan fingerprint density at radius 1 is 0.563 bits per heavy atom. The number of aliphatic carboxylic acids is 4. The summed E-state index contributed by atoms with van der Waals surface area (Å²) < 4.78 is 34.6. The summed E-state index contributed by atoms with van der Waals surface area (Å²) in [6.07, 6.45) is 28.8. The molecule has 0 saturated carbocycles. The van der Waals surface area contributed by atoms with Crippen LogP contribution in [-0.4, -0.2) is 114 Å². The minimum Gasteiger partial charge on any atom is -0.549 e. The third kappa shape index (κ3) is 38.2. The Labute approximate surface area is 423 Å². The lowest BCUT2D eigenvalue weighted by Gasteiger charge is -2.35. The van der Waals surface area contributed by atoms with Gasteiger partial charge in [-0.2, -0.15) is 0 Å². The highest BCUT2D eigenvalue weighted by atomic mass is 31.2. The molecule has 0 aromatic heterocycles. The van der Waals surface area contributed by atoms with Gasteiger partial charge in [0.2, 0.25) is 0 Å².